The largest absolute Gasteiger partial charge is 0.317 e. The molecule has 1 aromatic heterocycles. The van der Waals surface area contributed by atoms with E-state index in [2.05, 4.69) is 89.1 Å². The predicted octanol–water partition coefficient (Wildman–Crippen LogP) is 5.86. The molecule has 30 heavy (non-hydrogen) atoms. The van der Waals surface area contributed by atoms with Crippen LogP contribution in [0, 0.1) is 27.7 Å². The Morgan fingerprint density at radius 2 is 1.80 bits per heavy atom. The molecule has 3 aromatic rings. The van der Waals surface area contributed by atoms with E-state index in [0.717, 1.165) is 27.2 Å². The van der Waals surface area contributed by atoms with Crippen LogP contribution < -0.4 is 5.43 Å². The van der Waals surface area contributed by atoms with E-state index in [1.54, 1.807) is 18.0 Å². The minimum atomic E-state index is -0.105. The number of hydrazone groups is 1. The molecule has 3 rings (SSSR count). The first-order valence-corrected chi connectivity index (χ1v) is 11.7. The van der Waals surface area contributed by atoms with Gasteiger partial charge in [0.1, 0.15) is 0 Å². The molecule has 0 atom stereocenters. The Labute approximate surface area is 190 Å². The first-order valence-electron chi connectivity index (χ1n) is 9.77. The van der Waals surface area contributed by atoms with E-state index in [1.807, 2.05) is 18.2 Å². The number of para-hydroxylation sites is 1. The van der Waals surface area contributed by atoms with E-state index < -0.39 is 0 Å². The molecule has 4 nitrogen and oxygen atoms in total. The SMILES string of the molecule is Cc1cccc(C)c1-n1c(C)cc(/C=N/NC(=O)CSCc2ccccc2Br)c1C. The lowest BCUT2D eigenvalue weighted by molar-refractivity contribution is -0.118. The number of aryl methyl sites for hydroxylation is 3. The standard InChI is InChI=1S/C24H26BrN3OS/c1-16-8-7-9-17(2)24(16)28-18(3)12-21(19(28)4)13-26-27-23(29)15-30-14-20-10-5-6-11-22(20)25/h5-13H,14-15H2,1-4H3,(H,27,29)/b26-13+. The van der Waals surface area contributed by atoms with Crippen LogP contribution in [-0.4, -0.2) is 22.4 Å². The minimum Gasteiger partial charge on any atom is -0.317 e. The molecule has 0 unspecified atom stereocenters. The van der Waals surface area contributed by atoms with Crippen molar-refractivity contribution in [1.82, 2.24) is 9.99 Å². The number of carbonyl (C=O) groups is 1. The Kier molecular flexibility index (Phi) is 7.56. The van der Waals surface area contributed by atoms with Gasteiger partial charge in [0.2, 0.25) is 5.91 Å². The van der Waals surface area contributed by atoms with Crippen molar-refractivity contribution >= 4 is 39.8 Å². The van der Waals surface area contributed by atoms with E-state index in [4.69, 9.17) is 0 Å². The zero-order valence-corrected chi connectivity index (χ0v) is 20.1. The van der Waals surface area contributed by atoms with Crippen molar-refractivity contribution in [2.24, 2.45) is 5.10 Å². The summed E-state index contributed by atoms with van der Waals surface area (Å²) in [6.07, 6.45) is 1.72. The zero-order valence-electron chi connectivity index (χ0n) is 17.7. The summed E-state index contributed by atoms with van der Waals surface area (Å²) in [5, 5.41) is 4.18. The lowest BCUT2D eigenvalue weighted by Crippen LogP contribution is -2.19. The van der Waals surface area contributed by atoms with Gasteiger partial charge in [-0.2, -0.15) is 5.10 Å². The van der Waals surface area contributed by atoms with Crippen LogP contribution in [-0.2, 0) is 10.5 Å². The van der Waals surface area contributed by atoms with Gasteiger partial charge in [-0.05, 0) is 56.5 Å². The van der Waals surface area contributed by atoms with E-state index >= 15 is 0 Å². The maximum Gasteiger partial charge on any atom is 0.250 e. The molecular formula is C24H26BrN3OS. The molecule has 0 aliphatic rings. The Morgan fingerprint density at radius 1 is 1.10 bits per heavy atom. The Hall–Kier alpha value is -2.31. The van der Waals surface area contributed by atoms with Crippen molar-refractivity contribution in [3.8, 4) is 5.69 Å². The fourth-order valence-corrected chi connectivity index (χ4v) is 4.93. The van der Waals surface area contributed by atoms with Gasteiger partial charge in [-0.1, -0.05) is 52.3 Å². The highest BCUT2D eigenvalue weighted by molar-refractivity contribution is 9.10. The van der Waals surface area contributed by atoms with Gasteiger partial charge >= 0.3 is 0 Å². The summed E-state index contributed by atoms with van der Waals surface area (Å²) in [6, 6.07) is 16.5. The number of carbonyl (C=O) groups excluding carboxylic acids is 1. The maximum absolute atomic E-state index is 12.1. The van der Waals surface area contributed by atoms with Crippen LogP contribution >= 0.6 is 27.7 Å². The molecule has 0 spiro atoms. The first kappa shape index (κ1) is 22.4. The summed E-state index contributed by atoms with van der Waals surface area (Å²) in [4.78, 5) is 12.1. The number of benzene rings is 2. The Balaban J connectivity index is 1.62. The molecule has 156 valence electrons. The van der Waals surface area contributed by atoms with Gasteiger partial charge < -0.3 is 4.57 Å². The monoisotopic (exact) mass is 483 g/mol. The second-order valence-corrected chi connectivity index (χ2v) is 9.12. The van der Waals surface area contributed by atoms with Gasteiger partial charge in [0, 0.05) is 27.2 Å². The average Bonchev–Trinajstić information content (AvgIpc) is 2.97. The van der Waals surface area contributed by atoms with Gasteiger partial charge in [0.25, 0.3) is 0 Å². The normalized spacial score (nSPS) is 11.2. The van der Waals surface area contributed by atoms with Gasteiger partial charge in [0.15, 0.2) is 0 Å². The molecule has 0 saturated heterocycles. The molecular weight excluding hydrogens is 458 g/mol. The van der Waals surface area contributed by atoms with Gasteiger partial charge in [-0.3, -0.25) is 4.79 Å². The van der Waals surface area contributed by atoms with E-state index in [-0.39, 0.29) is 5.91 Å². The molecule has 1 heterocycles. The van der Waals surface area contributed by atoms with Crippen molar-refractivity contribution in [2.75, 3.05) is 5.75 Å². The van der Waals surface area contributed by atoms with Crippen molar-refractivity contribution in [3.05, 3.63) is 86.6 Å². The molecule has 0 bridgehead atoms. The number of amides is 1. The quantitative estimate of drug-likeness (QED) is 0.338. The van der Waals surface area contributed by atoms with Gasteiger partial charge in [-0.15, -0.1) is 11.8 Å². The van der Waals surface area contributed by atoms with Crippen LogP contribution in [0.4, 0.5) is 0 Å². The third kappa shape index (κ3) is 5.24. The number of rotatable bonds is 7. The number of hydrogen-bond acceptors (Lipinski definition) is 3. The topological polar surface area (TPSA) is 46.4 Å². The smallest absolute Gasteiger partial charge is 0.250 e. The van der Waals surface area contributed by atoms with Crippen molar-refractivity contribution in [1.29, 1.82) is 0 Å². The lowest BCUT2D eigenvalue weighted by Gasteiger charge is -2.15. The molecule has 6 heteroatoms. The minimum absolute atomic E-state index is 0.105. The summed E-state index contributed by atoms with van der Waals surface area (Å²) in [5.74, 6) is 1.03. The molecule has 0 aliphatic carbocycles. The molecule has 0 aliphatic heterocycles. The Morgan fingerprint density at radius 3 is 2.50 bits per heavy atom. The van der Waals surface area contributed by atoms with Crippen molar-refractivity contribution < 1.29 is 4.79 Å². The van der Waals surface area contributed by atoms with E-state index in [0.29, 0.717) is 5.75 Å². The third-order valence-electron chi connectivity index (χ3n) is 4.97. The van der Waals surface area contributed by atoms with Gasteiger partial charge in [0.05, 0.1) is 17.7 Å². The van der Waals surface area contributed by atoms with Crippen LogP contribution in [0.2, 0.25) is 0 Å². The number of nitrogens with zero attached hydrogens (tertiary/aromatic N) is 2. The number of hydrogen-bond donors (Lipinski definition) is 1. The molecule has 0 radical (unpaired) electrons. The van der Waals surface area contributed by atoms with Crippen LogP contribution in [0.5, 0.6) is 0 Å². The van der Waals surface area contributed by atoms with Crippen LogP contribution in [0.15, 0.2) is 58.1 Å². The second kappa shape index (κ2) is 10.1. The molecule has 2 aromatic carbocycles. The van der Waals surface area contributed by atoms with E-state index in [9.17, 15) is 4.79 Å². The Bertz CT molecular complexity index is 1070. The maximum atomic E-state index is 12.1. The summed E-state index contributed by atoms with van der Waals surface area (Å²) in [7, 11) is 0. The van der Waals surface area contributed by atoms with Crippen LogP contribution in [0.3, 0.4) is 0 Å². The summed E-state index contributed by atoms with van der Waals surface area (Å²) in [5.41, 5.74) is 10.7. The molecule has 0 fully saturated rings. The lowest BCUT2D eigenvalue weighted by atomic mass is 10.1. The number of thioether (sulfide) groups is 1. The van der Waals surface area contributed by atoms with Crippen LogP contribution in [0.1, 0.15) is 33.6 Å². The average molecular weight is 484 g/mol. The highest BCUT2D eigenvalue weighted by atomic mass is 79.9. The number of nitrogens with one attached hydrogen (secondary N) is 1. The highest BCUT2D eigenvalue weighted by Gasteiger charge is 2.13. The summed E-state index contributed by atoms with van der Waals surface area (Å²) in [6.45, 7) is 8.42. The molecule has 0 saturated carbocycles. The second-order valence-electron chi connectivity index (χ2n) is 7.28. The third-order valence-corrected chi connectivity index (χ3v) is 6.73. The van der Waals surface area contributed by atoms with Crippen molar-refractivity contribution in [2.45, 2.75) is 33.4 Å². The number of halogens is 1. The van der Waals surface area contributed by atoms with E-state index in [1.165, 1.54) is 22.4 Å². The van der Waals surface area contributed by atoms with Gasteiger partial charge in [-0.25, -0.2) is 5.43 Å². The first-order chi connectivity index (χ1) is 14.4. The zero-order chi connectivity index (χ0) is 21.7. The number of aromatic nitrogens is 1. The summed E-state index contributed by atoms with van der Waals surface area (Å²) >= 11 is 5.10. The molecule has 1 N–H and O–H groups in total. The fourth-order valence-electron chi connectivity index (χ4n) is 3.50. The fraction of sp³-hybridized carbons (Fsp3) is 0.250. The summed E-state index contributed by atoms with van der Waals surface area (Å²) < 4.78 is 3.32. The molecule has 1 amide bonds. The predicted molar refractivity (Wildman–Crippen MR) is 131 cm³/mol. The van der Waals surface area contributed by atoms with Crippen LogP contribution in [0.25, 0.3) is 5.69 Å². The van der Waals surface area contributed by atoms with Crippen molar-refractivity contribution in [3.63, 3.8) is 0 Å². The highest BCUT2D eigenvalue weighted by Crippen LogP contribution is 2.25.